The van der Waals surface area contributed by atoms with Crippen molar-refractivity contribution >= 4 is 0 Å². The van der Waals surface area contributed by atoms with Crippen molar-refractivity contribution in [2.24, 2.45) is 0 Å². The number of halogens is 1. The molecule has 1 aromatic heterocycles. The van der Waals surface area contributed by atoms with Crippen LogP contribution in [0.5, 0.6) is 0 Å². The lowest BCUT2D eigenvalue weighted by atomic mass is 10.00. The topological polar surface area (TPSA) is 25.2 Å². The van der Waals surface area contributed by atoms with Crippen LogP contribution in [0.3, 0.4) is 0 Å². The molecule has 0 radical (unpaired) electrons. The molecule has 3 heteroatoms. The van der Waals surface area contributed by atoms with Crippen LogP contribution in [0, 0.1) is 19.7 Å². The van der Waals surface area contributed by atoms with Crippen LogP contribution in [0.4, 0.5) is 4.39 Å². The highest BCUT2D eigenvalue weighted by molar-refractivity contribution is 5.33. The van der Waals surface area contributed by atoms with Crippen LogP contribution in [0.15, 0.2) is 34.9 Å². The van der Waals surface area contributed by atoms with Crippen LogP contribution in [-0.2, 0) is 0 Å². The fourth-order valence-corrected chi connectivity index (χ4v) is 1.93. The van der Waals surface area contributed by atoms with Gasteiger partial charge in [0.15, 0.2) is 0 Å². The lowest BCUT2D eigenvalue weighted by Crippen LogP contribution is -2.17. The van der Waals surface area contributed by atoms with Crippen molar-refractivity contribution < 1.29 is 8.81 Å². The molecule has 0 aliphatic rings. The molecule has 90 valence electrons. The van der Waals surface area contributed by atoms with E-state index in [0.717, 1.165) is 16.9 Å². The summed E-state index contributed by atoms with van der Waals surface area (Å²) in [5.74, 6) is 0.677. The average molecular weight is 233 g/mol. The Kier molecular flexibility index (Phi) is 3.29. The predicted molar refractivity (Wildman–Crippen MR) is 65.5 cm³/mol. The third-order valence-corrected chi connectivity index (χ3v) is 2.90. The number of hydrogen-bond acceptors (Lipinski definition) is 2. The maximum atomic E-state index is 13.5. The summed E-state index contributed by atoms with van der Waals surface area (Å²) in [6.45, 7) is 3.65. The first-order chi connectivity index (χ1) is 8.11. The Bertz CT molecular complexity index is 519. The molecule has 1 unspecified atom stereocenters. The van der Waals surface area contributed by atoms with Gasteiger partial charge in [-0.1, -0.05) is 12.1 Å². The Hall–Kier alpha value is -1.61. The highest BCUT2D eigenvalue weighted by Gasteiger charge is 2.15. The normalized spacial score (nSPS) is 12.7. The molecule has 2 nitrogen and oxygen atoms in total. The van der Waals surface area contributed by atoms with Crippen molar-refractivity contribution in [3.63, 3.8) is 0 Å². The second-order valence-corrected chi connectivity index (χ2v) is 4.22. The van der Waals surface area contributed by atoms with Crippen LogP contribution >= 0.6 is 0 Å². The maximum absolute atomic E-state index is 13.5. The highest BCUT2D eigenvalue weighted by Crippen LogP contribution is 2.24. The van der Waals surface area contributed by atoms with Crippen LogP contribution < -0.4 is 5.32 Å². The number of benzene rings is 1. The molecular formula is C14H16FNO. The molecule has 2 rings (SSSR count). The van der Waals surface area contributed by atoms with Crippen molar-refractivity contribution in [1.82, 2.24) is 5.32 Å². The van der Waals surface area contributed by atoms with Crippen LogP contribution in [-0.4, -0.2) is 7.05 Å². The van der Waals surface area contributed by atoms with Gasteiger partial charge in [-0.2, -0.15) is 0 Å². The summed E-state index contributed by atoms with van der Waals surface area (Å²) in [5.41, 5.74) is 2.57. The molecule has 17 heavy (non-hydrogen) atoms. The molecule has 1 N–H and O–H groups in total. The maximum Gasteiger partial charge on any atom is 0.126 e. The summed E-state index contributed by atoms with van der Waals surface area (Å²) in [6.07, 6.45) is 1.70. The second kappa shape index (κ2) is 4.72. The molecule has 1 heterocycles. The molecule has 0 fully saturated rings. The molecule has 1 aromatic carbocycles. The number of rotatable bonds is 3. The Labute approximate surface area is 100 Å². The Balaban J connectivity index is 2.38. The molecule has 0 aliphatic heterocycles. The molecule has 0 amide bonds. The summed E-state index contributed by atoms with van der Waals surface area (Å²) < 4.78 is 18.8. The van der Waals surface area contributed by atoms with Gasteiger partial charge < -0.3 is 9.73 Å². The first-order valence-corrected chi connectivity index (χ1v) is 5.60. The second-order valence-electron chi connectivity index (χ2n) is 4.22. The highest BCUT2D eigenvalue weighted by atomic mass is 19.1. The van der Waals surface area contributed by atoms with E-state index >= 15 is 0 Å². The van der Waals surface area contributed by atoms with Crippen molar-refractivity contribution in [3.05, 3.63) is 58.8 Å². The van der Waals surface area contributed by atoms with E-state index in [2.05, 4.69) is 5.32 Å². The van der Waals surface area contributed by atoms with Gasteiger partial charge in [-0.05, 0) is 44.2 Å². The Morgan fingerprint density at radius 3 is 2.47 bits per heavy atom. The monoisotopic (exact) mass is 233 g/mol. The lowest BCUT2D eigenvalue weighted by molar-refractivity contribution is 0.527. The quantitative estimate of drug-likeness (QED) is 0.879. The zero-order valence-electron chi connectivity index (χ0n) is 10.3. The van der Waals surface area contributed by atoms with E-state index in [4.69, 9.17) is 4.42 Å². The summed E-state index contributed by atoms with van der Waals surface area (Å²) in [6, 6.07) is 7.21. The molecule has 0 spiro atoms. The Morgan fingerprint density at radius 1 is 1.18 bits per heavy atom. The third kappa shape index (κ3) is 2.39. The minimum atomic E-state index is -0.178. The van der Waals surface area contributed by atoms with E-state index in [0.29, 0.717) is 5.56 Å². The fraction of sp³-hybridized carbons (Fsp3) is 0.286. The van der Waals surface area contributed by atoms with Gasteiger partial charge in [-0.25, -0.2) is 4.39 Å². The average Bonchev–Trinajstić information content (AvgIpc) is 2.71. The SMILES string of the molecule is CNC(c1coc(C)c1)c1ccc(C)c(F)c1. The first-order valence-electron chi connectivity index (χ1n) is 5.60. The molecular weight excluding hydrogens is 217 g/mol. The van der Waals surface area contributed by atoms with Gasteiger partial charge in [0.25, 0.3) is 0 Å². The summed E-state index contributed by atoms with van der Waals surface area (Å²) in [4.78, 5) is 0. The van der Waals surface area contributed by atoms with Crippen molar-refractivity contribution in [2.75, 3.05) is 7.05 Å². The summed E-state index contributed by atoms with van der Waals surface area (Å²) in [7, 11) is 1.85. The van der Waals surface area contributed by atoms with E-state index in [9.17, 15) is 4.39 Å². The fourth-order valence-electron chi connectivity index (χ4n) is 1.93. The number of nitrogens with one attached hydrogen (secondary N) is 1. The molecule has 1 atom stereocenters. The van der Waals surface area contributed by atoms with E-state index < -0.39 is 0 Å². The van der Waals surface area contributed by atoms with Crippen LogP contribution in [0.2, 0.25) is 0 Å². The van der Waals surface area contributed by atoms with Crippen LogP contribution in [0.25, 0.3) is 0 Å². The standard InChI is InChI=1S/C14H16FNO/c1-9-4-5-11(7-13(9)15)14(16-3)12-6-10(2)17-8-12/h4-8,14,16H,1-3H3. The number of aryl methyl sites for hydroxylation is 2. The van der Waals surface area contributed by atoms with E-state index in [1.54, 1.807) is 25.3 Å². The van der Waals surface area contributed by atoms with Gasteiger partial charge in [0, 0.05) is 5.56 Å². The smallest absolute Gasteiger partial charge is 0.126 e. The van der Waals surface area contributed by atoms with Gasteiger partial charge in [0.05, 0.1) is 12.3 Å². The zero-order chi connectivity index (χ0) is 12.4. The largest absolute Gasteiger partial charge is 0.469 e. The van der Waals surface area contributed by atoms with Crippen molar-refractivity contribution in [3.8, 4) is 0 Å². The Morgan fingerprint density at radius 2 is 1.94 bits per heavy atom. The number of furan rings is 1. The van der Waals surface area contributed by atoms with Crippen LogP contribution in [0.1, 0.15) is 28.5 Å². The van der Waals surface area contributed by atoms with Crippen molar-refractivity contribution in [1.29, 1.82) is 0 Å². The molecule has 0 saturated heterocycles. The summed E-state index contributed by atoms with van der Waals surface area (Å²) in [5, 5.41) is 3.17. The molecule has 0 aliphatic carbocycles. The van der Waals surface area contributed by atoms with Gasteiger partial charge in [-0.15, -0.1) is 0 Å². The van der Waals surface area contributed by atoms with Gasteiger partial charge in [0.1, 0.15) is 11.6 Å². The molecule has 0 bridgehead atoms. The minimum Gasteiger partial charge on any atom is -0.469 e. The molecule has 2 aromatic rings. The van der Waals surface area contributed by atoms with E-state index in [1.807, 2.05) is 26.1 Å². The first kappa shape index (κ1) is 11.9. The zero-order valence-corrected chi connectivity index (χ0v) is 10.3. The lowest BCUT2D eigenvalue weighted by Gasteiger charge is -2.15. The van der Waals surface area contributed by atoms with E-state index in [1.165, 1.54) is 0 Å². The summed E-state index contributed by atoms with van der Waals surface area (Å²) >= 11 is 0. The third-order valence-electron chi connectivity index (χ3n) is 2.90. The van der Waals surface area contributed by atoms with Gasteiger partial charge in [0.2, 0.25) is 0 Å². The van der Waals surface area contributed by atoms with E-state index in [-0.39, 0.29) is 11.9 Å². The van der Waals surface area contributed by atoms with Gasteiger partial charge in [-0.3, -0.25) is 0 Å². The van der Waals surface area contributed by atoms with Gasteiger partial charge >= 0.3 is 0 Å². The minimum absolute atomic E-state index is 0.0393. The predicted octanol–water partition coefficient (Wildman–Crippen LogP) is 3.34. The van der Waals surface area contributed by atoms with Crippen molar-refractivity contribution in [2.45, 2.75) is 19.9 Å². The number of hydrogen-bond donors (Lipinski definition) is 1. The molecule has 0 saturated carbocycles.